The van der Waals surface area contributed by atoms with Crippen molar-refractivity contribution in [3.63, 3.8) is 0 Å². The number of rotatable bonds is 3. The fourth-order valence-electron chi connectivity index (χ4n) is 3.88. The molecule has 0 aliphatic carbocycles. The molecule has 2 N–H and O–H groups in total. The molecule has 1 fully saturated rings. The molecule has 3 heterocycles. The Morgan fingerprint density at radius 2 is 1.67 bits per heavy atom. The lowest BCUT2D eigenvalue weighted by atomic mass is 10.1. The molecule has 152 valence electrons. The average Bonchev–Trinajstić information content (AvgIpc) is 3.15. The third-order valence-corrected chi connectivity index (χ3v) is 6.05. The number of imidazole rings is 1. The molecule has 30 heavy (non-hydrogen) atoms. The molecule has 1 aliphatic rings. The lowest BCUT2D eigenvalue weighted by Gasteiger charge is -2.30. The molecule has 0 bridgehead atoms. The molecular weight excluding hydrogens is 419 g/mol. The van der Waals surface area contributed by atoms with E-state index in [4.69, 9.17) is 33.9 Å². The van der Waals surface area contributed by atoms with E-state index in [0.717, 1.165) is 54.2 Å². The number of nitrogens with two attached hydrogens (primary N) is 1. The van der Waals surface area contributed by atoms with E-state index in [9.17, 15) is 0 Å². The van der Waals surface area contributed by atoms with Crippen LogP contribution in [0.25, 0.3) is 28.2 Å². The summed E-state index contributed by atoms with van der Waals surface area (Å²) in [6.07, 6.45) is 3.46. The van der Waals surface area contributed by atoms with Crippen LogP contribution in [-0.4, -0.2) is 38.7 Å². The minimum absolute atomic E-state index is 0.240. The first-order chi connectivity index (χ1) is 14.6. The first kappa shape index (κ1) is 19.3. The van der Waals surface area contributed by atoms with Gasteiger partial charge in [-0.15, -0.1) is 0 Å². The van der Waals surface area contributed by atoms with Crippen LogP contribution in [0, 0.1) is 0 Å². The molecular formula is C22H20Cl2N6. The number of fused-ring (bicyclic) bond motifs is 1. The molecule has 1 saturated heterocycles. The largest absolute Gasteiger partial charge is 0.355 e. The minimum Gasteiger partial charge on any atom is -0.355 e. The molecule has 8 heteroatoms. The van der Waals surface area contributed by atoms with Crippen LogP contribution >= 0.6 is 23.2 Å². The Morgan fingerprint density at radius 1 is 0.933 bits per heavy atom. The van der Waals surface area contributed by atoms with Crippen molar-refractivity contribution in [3.8, 4) is 17.1 Å². The monoisotopic (exact) mass is 438 g/mol. The number of benzene rings is 2. The van der Waals surface area contributed by atoms with Gasteiger partial charge in [0.15, 0.2) is 17.0 Å². The highest BCUT2D eigenvalue weighted by Gasteiger charge is 2.24. The Labute approximate surface area is 184 Å². The third-order valence-electron chi connectivity index (χ3n) is 5.46. The van der Waals surface area contributed by atoms with E-state index in [0.29, 0.717) is 15.9 Å². The van der Waals surface area contributed by atoms with Gasteiger partial charge < -0.3 is 10.6 Å². The highest BCUT2D eigenvalue weighted by Crippen LogP contribution is 2.35. The Bertz CT molecular complexity index is 1200. The predicted molar refractivity (Wildman–Crippen MR) is 122 cm³/mol. The lowest BCUT2D eigenvalue weighted by Crippen LogP contribution is -2.40. The Hall–Kier alpha value is -2.67. The second kappa shape index (κ2) is 7.87. The van der Waals surface area contributed by atoms with E-state index >= 15 is 0 Å². The zero-order valence-electron chi connectivity index (χ0n) is 16.2. The summed E-state index contributed by atoms with van der Waals surface area (Å²) in [6.45, 7) is 1.70. The summed E-state index contributed by atoms with van der Waals surface area (Å²) < 4.78 is 2.01. The molecule has 0 atom stereocenters. The van der Waals surface area contributed by atoms with Crippen LogP contribution < -0.4 is 10.6 Å². The maximum absolute atomic E-state index is 6.54. The molecule has 2 aromatic heterocycles. The van der Waals surface area contributed by atoms with Crippen molar-refractivity contribution in [2.24, 2.45) is 5.73 Å². The van der Waals surface area contributed by atoms with Gasteiger partial charge in [-0.2, -0.15) is 0 Å². The van der Waals surface area contributed by atoms with Crippen LogP contribution in [0.15, 0.2) is 54.9 Å². The van der Waals surface area contributed by atoms with Crippen LogP contribution in [0.2, 0.25) is 10.0 Å². The quantitative estimate of drug-likeness (QED) is 0.500. The minimum atomic E-state index is 0.240. The molecule has 0 unspecified atom stereocenters. The van der Waals surface area contributed by atoms with Crippen molar-refractivity contribution < 1.29 is 0 Å². The van der Waals surface area contributed by atoms with Gasteiger partial charge in [-0.05, 0) is 49.2 Å². The normalized spacial score (nSPS) is 15.1. The number of hydrogen-bond acceptors (Lipinski definition) is 5. The number of halogens is 2. The van der Waals surface area contributed by atoms with Crippen LogP contribution in [-0.2, 0) is 0 Å². The zero-order chi connectivity index (χ0) is 20.7. The third kappa shape index (κ3) is 3.41. The van der Waals surface area contributed by atoms with Gasteiger partial charge in [-0.3, -0.25) is 4.57 Å². The van der Waals surface area contributed by atoms with Gasteiger partial charge in [-0.25, -0.2) is 15.0 Å². The number of aromatic nitrogens is 4. The van der Waals surface area contributed by atoms with Crippen LogP contribution in [0.4, 0.5) is 5.82 Å². The van der Waals surface area contributed by atoms with E-state index in [-0.39, 0.29) is 6.04 Å². The highest BCUT2D eigenvalue weighted by molar-refractivity contribution is 6.33. The highest BCUT2D eigenvalue weighted by atomic mass is 35.5. The second-order valence-electron chi connectivity index (χ2n) is 7.42. The standard InChI is InChI=1S/C22H20Cl2N6/c23-14-5-7-16(8-6-14)30-20(17-3-1-2-4-18(17)24)28-19-21(26-13-27-22(19)30)29-11-9-15(25)10-12-29/h1-8,13,15H,9-12,25H2. The molecule has 0 amide bonds. The van der Waals surface area contributed by atoms with Crippen LogP contribution in [0.3, 0.4) is 0 Å². The SMILES string of the molecule is NC1CCN(c2ncnc3c2nc(-c2ccccc2Cl)n3-c2ccc(Cl)cc2)CC1. The zero-order valence-corrected chi connectivity index (χ0v) is 17.7. The van der Waals surface area contributed by atoms with Gasteiger partial charge in [0.05, 0.1) is 5.02 Å². The maximum Gasteiger partial charge on any atom is 0.170 e. The lowest BCUT2D eigenvalue weighted by molar-refractivity contribution is 0.499. The Kier molecular flexibility index (Phi) is 5.06. The van der Waals surface area contributed by atoms with E-state index < -0.39 is 0 Å². The molecule has 0 radical (unpaired) electrons. The van der Waals surface area contributed by atoms with Gasteiger partial charge in [0, 0.05) is 35.4 Å². The summed E-state index contributed by atoms with van der Waals surface area (Å²) in [5.41, 5.74) is 9.31. The Morgan fingerprint density at radius 3 is 2.40 bits per heavy atom. The smallest absolute Gasteiger partial charge is 0.170 e. The second-order valence-corrected chi connectivity index (χ2v) is 8.26. The van der Waals surface area contributed by atoms with Crippen molar-refractivity contribution in [3.05, 3.63) is 64.9 Å². The van der Waals surface area contributed by atoms with Crippen LogP contribution in [0.5, 0.6) is 0 Å². The molecule has 0 saturated carbocycles. The van der Waals surface area contributed by atoms with E-state index in [1.807, 2.05) is 53.1 Å². The molecule has 6 nitrogen and oxygen atoms in total. The van der Waals surface area contributed by atoms with Crippen molar-refractivity contribution in [2.75, 3.05) is 18.0 Å². The molecule has 1 aliphatic heterocycles. The van der Waals surface area contributed by atoms with Gasteiger partial charge >= 0.3 is 0 Å². The number of nitrogens with zero attached hydrogens (tertiary/aromatic N) is 5. The first-order valence-corrected chi connectivity index (χ1v) is 10.6. The number of piperidine rings is 1. The van der Waals surface area contributed by atoms with Crippen molar-refractivity contribution in [1.29, 1.82) is 0 Å². The molecule has 0 spiro atoms. The van der Waals surface area contributed by atoms with Crippen molar-refractivity contribution >= 4 is 40.2 Å². The summed E-state index contributed by atoms with van der Waals surface area (Å²) in [7, 11) is 0. The summed E-state index contributed by atoms with van der Waals surface area (Å²) in [5, 5.41) is 1.30. The maximum atomic E-state index is 6.54. The summed E-state index contributed by atoms with van der Waals surface area (Å²) in [5.74, 6) is 1.54. The molecule has 5 rings (SSSR count). The summed E-state index contributed by atoms with van der Waals surface area (Å²) >= 11 is 12.7. The van der Waals surface area contributed by atoms with Crippen molar-refractivity contribution in [1.82, 2.24) is 19.5 Å². The summed E-state index contributed by atoms with van der Waals surface area (Å²) in [6, 6.07) is 15.5. The van der Waals surface area contributed by atoms with Crippen molar-refractivity contribution in [2.45, 2.75) is 18.9 Å². The van der Waals surface area contributed by atoms with Crippen LogP contribution in [0.1, 0.15) is 12.8 Å². The van der Waals surface area contributed by atoms with Gasteiger partial charge in [-0.1, -0.05) is 35.3 Å². The fraction of sp³-hybridized carbons (Fsp3) is 0.227. The first-order valence-electron chi connectivity index (χ1n) is 9.86. The number of hydrogen-bond donors (Lipinski definition) is 1. The topological polar surface area (TPSA) is 72.9 Å². The fourth-order valence-corrected chi connectivity index (χ4v) is 4.23. The van der Waals surface area contributed by atoms with E-state index in [1.165, 1.54) is 0 Å². The Balaban J connectivity index is 1.75. The average molecular weight is 439 g/mol. The number of anilines is 1. The van der Waals surface area contributed by atoms with Gasteiger partial charge in [0.2, 0.25) is 0 Å². The summed E-state index contributed by atoms with van der Waals surface area (Å²) in [4.78, 5) is 16.4. The van der Waals surface area contributed by atoms with E-state index in [2.05, 4.69) is 14.9 Å². The molecule has 4 aromatic rings. The molecule has 2 aromatic carbocycles. The van der Waals surface area contributed by atoms with Gasteiger partial charge in [0.25, 0.3) is 0 Å². The van der Waals surface area contributed by atoms with Gasteiger partial charge in [0.1, 0.15) is 12.2 Å². The predicted octanol–water partition coefficient (Wildman–Crippen LogP) is 4.72. The van der Waals surface area contributed by atoms with E-state index in [1.54, 1.807) is 6.33 Å².